The van der Waals surface area contributed by atoms with Gasteiger partial charge in [0.1, 0.15) is 10.7 Å². The Morgan fingerprint density at radius 3 is 2.73 bits per heavy atom. The summed E-state index contributed by atoms with van der Waals surface area (Å²) in [5.74, 6) is -0.295. The van der Waals surface area contributed by atoms with Crippen LogP contribution in [0.4, 0.5) is 4.39 Å². The molecule has 1 atom stereocenters. The number of halogens is 1. The molecule has 1 aromatic carbocycles. The highest BCUT2D eigenvalue weighted by Crippen LogP contribution is 2.45. The summed E-state index contributed by atoms with van der Waals surface area (Å²) >= 11 is 0. The number of rotatable bonds is 6. The summed E-state index contributed by atoms with van der Waals surface area (Å²) in [5.41, 5.74) is 3.44. The van der Waals surface area contributed by atoms with Crippen LogP contribution in [0.5, 0.6) is 0 Å². The predicted molar refractivity (Wildman–Crippen MR) is 122 cm³/mol. The van der Waals surface area contributed by atoms with E-state index in [2.05, 4.69) is 16.2 Å². The van der Waals surface area contributed by atoms with Crippen LogP contribution in [-0.4, -0.2) is 53.8 Å². The van der Waals surface area contributed by atoms with Gasteiger partial charge in [0, 0.05) is 37.5 Å². The number of pyridine rings is 1. The van der Waals surface area contributed by atoms with E-state index >= 15 is 0 Å². The van der Waals surface area contributed by atoms with E-state index in [1.807, 2.05) is 17.8 Å². The van der Waals surface area contributed by atoms with E-state index in [4.69, 9.17) is 4.74 Å². The minimum absolute atomic E-state index is 0.199. The molecule has 0 amide bonds. The summed E-state index contributed by atoms with van der Waals surface area (Å²) in [7, 11) is -3.66. The smallest absolute Gasteiger partial charge is 0.244 e. The van der Waals surface area contributed by atoms with Crippen LogP contribution < -0.4 is 0 Å². The van der Waals surface area contributed by atoms with Crippen LogP contribution in [0.2, 0.25) is 0 Å². The van der Waals surface area contributed by atoms with Gasteiger partial charge in [-0.25, -0.2) is 17.5 Å². The van der Waals surface area contributed by atoms with Gasteiger partial charge in [0.05, 0.1) is 24.2 Å². The van der Waals surface area contributed by atoms with Crippen molar-refractivity contribution in [3.05, 3.63) is 77.6 Å². The van der Waals surface area contributed by atoms with E-state index in [0.717, 1.165) is 22.5 Å². The number of ether oxygens (including phenoxy) is 1. The van der Waals surface area contributed by atoms with Crippen molar-refractivity contribution < 1.29 is 17.5 Å². The van der Waals surface area contributed by atoms with Gasteiger partial charge in [-0.2, -0.15) is 9.40 Å². The molecule has 2 aromatic heterocycles. The first-order chi connectivity index (χ1) is 15.9. The van der Waals surface area contributed by atoms with Crippen molar-refractivity contribution in [3.8, 4) is 5.69 Å². The first kappa shape index (κ1) is 21.9. The van der Waals surface area contributed by atoms with Crippen LogP contribution in [0.25, 0.3) is 11.8 Å². The van der Waals surface area contributed by atoms with Crippen LogP contribution >= 0.6 is 0 Å². The molecule has 33 heavy (non-hydrogen) atoms. The quantitative estimate of drug-likeness (QED) is 0.554. The molecule has 9 heteroatoms. The normalized spacial score (nSPS) is 20.7. The molecule has 172 valence electrons. The second-order valence-corrected chi connectivity index (χ2v) is 10.4. The van der Waals surface area contributed by atoms with Crippen molar-refractivity contribution in [2.45, 2.75) is 24.7 Å². The Kier molecular flexibility index (Phi) is 5.64. The number of aromatic nitrogens is 3. The fraction of sp³-hybridized carbons (Fsp3) is 0.333. The third-order valence-corrected chi connectivity index (χ3v) is 8.27. The summed E-state index contributed by atoms with van der Waals surface area (Å²) in [6, 6.07) is 9.45. The molecule has 1 aliphatic heterocycles. The first-order valence-electron chi connectivity index (χ1n) is 10.9. The van der Waals surface area contributed by atoms with Gasteiger partial charge in [-0.3, -0.25) is 4.98 Å². The predicted octanol–water partition coefficient (Wildman–Crippen LogP) is 3.46. The molecular formula is C24H25FN4O3S. The molecule has 3 heterocycles. The zero-order chi connectivity index (χ0) is 23.1. The topological polar surface area (TPSA) is 77.3 Å². The Labute approximate surface area is 192 Å². The molecule has 3 aromatic rings. The van der Waals surface area contributed by atoms with E-state index in [1.54, 1.807) is 34.8 Å². The maximum atomic E-state index is 13.4. The fourth-order valence-corrected chi connectivity index (χ4v) is 6.25. The van der Waals surface area contributed by atoms with Gasteiger partial charge < -0.3 is 4.74 Å². The number of hydrogen-bond donors (Lipinski definition) is 0. The molecule has 7 nitrogen and oxygen atoms in total. The Bertz CT molecular complexity index is 1290. The maximum Gasteiger partial charge on any atom is 0.244 e. The molecule has 0 bridgehead atoms. The summed E-state index contributed by atoms with van der Waals surface area (Å²) in [6.45, 7) is 3.63. The second-order valence-electron chi connectivity index (χ2n) is 8.48. The third kappa shape index (κ3) is 3.90. The fourth-order valence-electron chi connectivity index (χ4n) is 4.76. The molecule has 2 aliphatic rings. The molecule has 0 N–H and O–H groups in total. The molecule has 1 aliphatic carbocycles. The average Bonchev–Trinajstić information content (AvgIpc) is 3.24. The molecular weight excluding hydrogens is 443 g/mol. The Hall–Kier alpha value is -2.88. The van der Waals surface area contributed by atoms with E-state index in [0.29, 0.717) is 39.1 Å². The maximum absolute atomic E-state index is 13.4. The zero-order valence-electron chi connectivity index (χ0n) is 18.3. The summed E-state index contributed by atoms with van der Waals surface area (Å²) in [5, 5.41) is 4.55. The first-order valence-corrected chi connectivity index (χ1v) is 12.4. The minimum atomic E-state index is -3.66. The Morgan fingerprint density at radius 1 is 1.18 bits per heavy atom. The number of fused-ring (bicyclic) bond motifs is 2. The highest BCUT2D eigenvalue weighted by atomic mass is 32.2. The minimum Gasteiger partial charge on any atom is -0.381 e. The van der Waals surface area contributed by atoms with E-state index in [1.165, 1.54) is 18.3 Å². The molecule has 0 unspecified atom stereocenters. The number of hydrogen-bond acceptors (Lipinski definition) is 5. The van der Waals surface area contributed by atoms with E-state index < -0.39 is 15.4 Å². The third-order valence-electron chi connectivity index (χ3n) is 6.44. The average molecular weight is 469 g/mol. The largest absolute Gasteiger partial charge is 0.381 e. The van der Waals surface area contributed by atoms with Crippen LogP contribution in [0.15, 0.2) is 65.5 Å². The summed E-state index contributed by atoms with van der Waals surface area (Å²) < 4.78 is 49.3. The van der Waals surface area contributed by atoms with Gasteiger partial charge in [-0.05, 0) is 67.8 Å². The van der Waals surface area contributed by atoms with Crippen molar-refractivity contribution in [2.75, 3.05) is 26.3 Å². The summed E-state index contributed by atoms with van der Waals surface area (Å²) in [6.07, 6.45) is 8.10. The standard InChI is InChI=1S/C24H25FN4O3S/c1-2-32-17-24-13-18-14-27-29(21-7-5-20(25)6-8-21)23(18)12-19(24)9-11-28(16-24)33(30,31)22-4-3-10-26-15-22/h3-8,10,12,14-15H,2,9,11,13,16-17H2,1H3/t24-/m1/s1. The van der Waals surface area contributed by atoms with Crippen LogP contribution in [0, 0.1) is 11.2 Å². The Balaban J connectivity index is 1.52. The lowest BCUT2D eigenvalue weighted by molar-refractivity contribution is 0.0477. The van der Waals surface area contributed by atoms with Crippen LogP contribution in [-0.2, 0) is 21.2 Å². The van der Waals surface area contributed by atoms with Gasteiger partial charge in [0.15, 0.2) is 0 Å². The molecule has 0 spiro atoms. The van der Waals surface area contributed by atoms with Crippen molar-refractivity contribution in [3.63, 3.8) is 0 Å². The second kappa shape index (κ2) is 8.48. The van der Waals surface area contributed by atoms with Crippen molar-refractivity contribution >= 4 is 16.1 Å². The van der Waals surface area contributed by atoms with Crippen molar-refractivity contribution in [1.29, 1.82) is 0 Å². The van der Waals surface area contributed by atoms with Gasteiger partial charge in [0.25, 0.3) is 0 Å². The number of sulfonamides is 1. The van der Waals surface area contributed by atoms with Gasteiger partial charge >= 0.3 is 0 Å². The van der Waals surface area contributed by atoms with Crippen molar-refractivity contribution in [2.24, 2.45) is 5.41 Å². The number of benzene rings is 1. The molecule has 1 fully saturated rings. The highest BCUT2D eigenvalue weighted by molar-refractivity contribution is 7.89. The lowest BCUT2D eigenvalue weighted by Gasteiger charge is -2.45. The van der Waals surface area contributed by atoms with Crippen LogP contribution in [0.3, 0.4) is 0 Å². The van der Waals surface area contributed by atoms with Crippen LogP contribution in [0.1, 0.15) is 24.6 Å². The number of nitrogens with zero attached hydrogens (tertiary/aromatic N) is 4. The zero-order valence-corrected chi connectivity index (χ0v) is 19.1. The van der Waals surface area contributed by atoms with E-state index in [-0.39, 0.29) is 10.7 Å². The molecule has 0 radical (unpaired) electrons. The molecule has 1 saturated heterocycles. The lowest BCUT2D eigenvalue weighted by atomic mass is 9.69. The highest BCUT2D eigenvalue weighted by Gasteiger charge is 2.46. The molecule has 5 rings (SSSR count). The molecule has 0 saturated carbocycles. The van der Waals surface area contributed by atoms with Crippen molar-refractivity contribution in [1.82, 2.24) is 19.1 Å². The van der Waals surface area contributed by atoms with Gasteiger partial charge in [-0.1, -0.05) is 5.57 Å². The van der Waals surface area contributed by atoms with E-state index in [9.17, 15) is 12.8 Å². The van der Waals surface area contributed by atoms with Gasteiger partial charge in [-0.15, -0.1) is 0 Å². The SMILES string of the molecule is CCOC[C@]12Cc3cnn(-c4ccc(F)cc4)c3C=C1CCN(S(=O)(=O)c1cccnc1)C2. The monoisotopic (exact) mass is 468 g/mol. The lowest BCUT2D eigenvalue weighted by Crippen LogP contribution is -2.51. The Morgan fingerprint density at radius 2 is 2.00 bits per heavy atom. The number of piperidine rings is 1. The van der Waals surface area contributed by atoms with Gasteiger partial charge in [0.2, 0.25) is 10.0 Å². The summed E-state index contributed by atoms with van der Waals surface area (Å²) in [4.78, 5) is 4.18.